The van der Waals surface area contributed by atoms with Crippen molar-refractivity contribution in [2.45, 2.75) is 13.8 Å². The molecule has 0 N–H and O–H groups in total. The van der Waals surface area contributed by atoms with Crippen molar-refractivity contribution in [3.8, 4) is 5.69 Å². The molecular formula is C12H11FN2O. The fourth-order valence-electron chi connectivity index (χ4n) is 1.69. The van der Waals surface area contributed by atoms with E-state index in [1.165, 1.54) is 12.1 Å². The summed E-state index contributed by atoms with van der Waals surface area (Å²) in [5.41, 5.74) is 2.67. The fourth-order valence-corrected chi connectivity index (χ4v) is 1.69. The topological polar surface area (TPSA) is 34.9 Å². The molecule has 1 heterocycles. The number of benzene rings is 1. The molecule has 16 heavy (non-hydrogen) atoms. The number of aldehydes is 1. The van der Waals surface area contributed by atoms with Gasteiger partial charge in [0.2, 0.25) is 0 Å². The summed E-state index contributed by atoms with van der Waals surface area (Å²) in [6.07, 6.45) is 0.634. The maximum absolute atomic E-state index is 13.0. The first-order valence-corrected chi connectivity index (χ1v) is 4.90. The van der Waals surface area contributed by atoms with Crippen LogP contribution in [0.4, 0.5) is 4.39 Å². The van der Waals surface area contributed by atoms with Gasteiger partial charge in [-0.15, -0.1) is 0 Å². The molecule has 0 atom stereocenters. The van der Waals surface area contributed by atoms with Crippen molar-refractivity contribution in [3.63, 3.8) is 0 Å². The van der Waals surface area contributed by atoms with Gasteiger partial charge >= 0.3 is 0 Å². The quantitative estimate of drug-likeness (QED) is 0.725. The number of carbonyl (C=O) groups excluding carboxylic acids is 1. The van der Waals surface area contributed by atoms with Crippen LogP contribution in [0.25, 0.3) is 5.69 Å². The van der Waals surface area contributed by atoms with Crippen LogP contribution in [0.3, 0.4) is 0 Å². The van der Waals surface area contributed by atoms with Crippen molar-refractivity contribution < 1.29 is 9.18 Å². The van der Waals surface area contributed by atoms with E-state index in [-0.39, 0.29) is 0 Å². The molecule has 0 spiro atoms. The van der Waals surface area contributed by atoms with E-state index < -0.39 is 5.82 Å². The van der Waals surface area contributed by atoms with E-state index in [1.54, 1.807) is 10.7 Å². The second-order valence-electron chi connectivity index (χ2n) is 3.66. The number of aromatic nitrogens is 2. The zero-order valence-corrected chi connectivity index (χ0v) is 9.07. The Bertz CT molecular complexity index is 546. The van der Waals surface area contributed by atoms with Crippen LogP contribution in [0.15, 0.2) is 24.3 Å². The van der Waals surface area contributed by atoms with Crippen molar-refractivity contribution >= 4 is 6.29 Å². The standard InChI is InChI=1S/C12H11FN2O/c1-8-5-9(2)15(14-8)12-4-3-11(13)6-10(12)7-16/h3-7H,1-2H3. The highest BCUT2D eigenvalue weighted by Crippen LogP contribution is 2.16. The number of aryl methyl sites for hydroxylation is 2. The van der Waals surface area contributed by atoms with E-state index in [2.05, 4.69) is 5.10 Å². The van der Waals surface area contributed by atoms with Crippen LogP contribution in [-0.2, 0) is 0 Å². The first-order valence-electron chi connectivity index (χ1n) is 4.90. The van der Waals surface area contributed by atoms with Crippen LogP contribution in [0, 0.1) is 19.7 Å². The van der Waals surface area contributed by atoms with Crippen LogP contribution in [0.2, 0.25) is 0 Å². The Morgan fingerprint density at radius 3 is 2.62 bits per heavy atom. The van der Waals surface area contributed by atoms with Crippen molar-refractivity contribution in [1.29, 1.82) is 0 Å². The Hall–Kier alpha value is -1.97. The number of carbonyl (C=O) groups is 1. The summed E-state index contributed by atoms with van der Waals surface area (Å²) in [7, 11) is 0. The van der Waals surface area contributed by atoms with Gasteiger partial charge < -0.3 is 0 Å². The molecule has 0 saturated heterocycles. The minimum Gasteiger partial charge on any atom is -0.298 e. The molecule has 1 aromatic heterocycles. The van der Waals surface area contributed by atoms with Crippen LogP contribution < -0.4 is 0 Å². The van der Waals surface area contributed by atoms with E-state index in [1.807, 2.05) is 19.9 Å². The average molecular weight is 218 g/mol. The predicted molar refractivity (Wildman–Crippen MR) is 58.4 cm³/mol. The highest BCUT2D eigenvalue weighted by atomic mass is 19.1. The number of hydrogen-bond acceptors (Lipinski definition) is 2. The molecule has 0 unspecified atom stereocenters. The van der Waals surface area contributed by atoms with Gasteiger partial charge in [-0.25, -0.2) is 9.07 Å². The Morgan fingerprint density at radius 1 is 1.31 bits per heavy atom. The SMILES string of the molecule is Cc1cc(C)n(-c2ccc(F)cc2C=O)n1. The third kappa shape index (κ3) is 1.74. The minimum absolute atomic E-state index is 0.297. The number of rotatable bonds is 2. The molecule has 1 aromatic carbocycles. The zero-order valence-electron chi connectivity index (χ0n) is 9.07. The Balaban J connectivity index is 2.63. The second kappa shape index (κ2) is 3.89. The number of hydrogen-bond donors (Lipinski definition) is 0. The Labute approximate surface area is 92.5 Å². The summed E-state index contributed by atoms with van der Waals surface area (Å²) in [6.45, 7) is 3.76. The second-order valence-corrected chi connectivity index (χ2v) is 3.66. The predicted octanol–water partition coefficient (Wildman–Crippen LogP) is 2.44. The van der Waals surface area contributed by atoms with Crippen molar-refractivity contribution in [2.24, 2.45) is 0 Å². The maximum atomic E-state index is 13.0. The van der Waals surface area contributed by atoms with Crippen LogP contribution in [-0.4, -0.2) is 16.1 Å². The lowest BCUT2D eigenvalue weighted by Gasteiger charge is -2.06. The van der Waals surface area contributed by atoms with E-state index >= 15 is 0 Å². The lowest BCUT2D eigenvalue weighted by molar-refractivity contribution is 0.112. The van der Waals surface area contributed by atoms with Crippen molar-refractivity contribution in [1.82, 2.24) is 9.78 Å². The van der Waals surface area contributed by atoms with E-state index in [9.17, 15) is 9.18 Å². The number of nitrogens with zero attached hydrogens (tertiary/aromatic N) is 2. The summed E-state index contributed by atoms with van der Waals surface area (Å²) in [6, 6.07) is 5.98. The molecule has 2 rings (SSSR count). The highest BCUT2D eigenvalue weighted by Gasteiger charge is 2.09. The molecule has 0 fully saturated rings. The molecule has 82 valence electrons. The average Bonchev–Trinajstić information content (AvgIpc) is 2.57. The lowest BCUT2D eigenvalue weighted by atomic mass is 10.2. The highest BCUT2D eigenvalue weighted by molar-refractivity contribution is 5.80. The molecule has 0 amide bonds. The Morgan fingerprint density at radius 2 is 2.06 bits per heavy atom. The van der Waals surface area contributed by atoms with Crippen LogP contribution in [0.5, 0.6) is 0 Å². The molecular weight excluding hydrogens is 207 g/mol. The zero-order chi connectivity index (χ0) is 11.7. The molecule has 0 radical (unpaired) electrons. The monoisotopic (exact) mass is 218 g/mol. The van der Waals surface area contributed by atoms with Gasteiger partial charge in [0.05, 0.1) is 11.4 Å². The van der Waals surface area contributed by atoms with E-state index in [0.29, 0.717) is 17.5 Å². The van der Waals surface area contributed by atoms with Gasteiger partial charge in [-0.3, -0.25) is 4.79 Å². The van der Waals surface area contributed by atoms with Gasteiger partial charge in [-0.1, -0.05) is 0 Å². The smallest absolute Gasteiger partial charge is 0.152 e. The van der Waals surface area contributed by atoms with Crippen LogP contribution in [0.1, 0.15) is 21.7 Å². The van der Waals surface area contributed by atoms with Gasteiger partial charge in [-0.05, 0) is 38.1 Å². The lowest BCUT2D eigenvalue weighted by Crippen LogP contribution is -2.03. The van der Waals surface area contributed by atoms with Gasteiger partial charge in [0.15, 0.2) is 6.29 Å². The third-order valence-electron chi connectivity index (χ3n) is 2.35. The summed E-state index contributed by atoms with van der Waals surface area (Å²) in [5.74, 6) is -0.424. The van der Waals surface area contributed by atoms with Gasteiger partial charge in [0.25, 0.3) is 0 Å². The van der Waals surface area contributed by atoms with E-state index in [0.717, 1.165) is 11.4 Å². The summed E-state index contributed by atoms with van der Waals surface area (Å²) < 4.78 is 14.6. The molecule has 0 aliphatic rings. The molecule has 0 aliphatic heterocycles. The summed E-state index contributed by atoms with van der Waals surface area (Å²) >= 11 is 0. The fraction of sp³-hybridized carbons (Fsp3) is 0.167. The molecule has 0 saturated carbocycles. The van der Waals surface area contributed by atoms with Crippen LogP contribution >= 0.6 is 0 Å². The Kier molecular flexibility index (Phi) is 2.56. The molecule has 2 aromatic rings. The number of halogens is 1. The normalized spacial score (nSPS) is 10.4. The summed E-state index contributed by atoms with van der Waals surface area (Å²) in [5, 5.41) is 4.25. The molecule has 3 nitrogen and oxygen atoms in total. The maximum Gasteiger partial charge on any atom is 0.152 e. The first-order chi connectivity index (χ1) is 7.61. The van der Waals surface area contributed by atoms with Gasteiger partial charge in [0, 0.05) is 11.3 Å². The molecule has 0 bridgehead atoms. The van der Waals surface area contributed by atoms with Crippen molar-refractivity contribution in [3.05, 3.63) is 47.0 Å². The first kappa shape index (κ1) is 10.5. The van der Waals surface area contributed by atoms with E-state index in [4.69, 9.17) is 0 Å². The largest absolute Gasteiger partial charge is 0.298 e. The van der Waals surface area contributed by atoms with Gasteiger partial charge in [0.1, 0.15) is 5.82 Å². The minimum atomic E-state index is -0.424. The molecule has 4 heteroatoms. The third-order valence-corrected chi connectivity index (χ3v) is 2.35. The van der Waals surface area contributed by atoms with Crippen molar-refractivity contribution in [2.75, 3.05) is 0 Å². The summed E-state index contributed by atoms with van der Waals surface area (Å²) in [4.78, 5) is 10.9. The van der Waals surface area contributed by atoms with Gasteiger partial charge in [-0.2, -0.15) is 5.10 Å². The molecule has 0 aliphatic carbocycles.